The van der Waals surface area contributed by atoms with Gasteiger partial charge >= 0.3 is 5.69 Å². The molecule has 0 saturated heterocycles. The lowest BCUT2D eigenvalue weighted by atomic mass is 10.3. The van der Waals surface area contributed by atoms with E-state index in [2.05, 4.69) is 20.3 Å². The zero-order valence-corrected chi connectivity index (χ0v) is 14.3. The van der Waals surface area contributed by atoms with E-state index in [0.717, 1.165) is 5.69 Å². The van der Waals surface area contributed by atoms with Crippen LogP contribution in [-0.4, -0.2) is 27.0 Å². The van der Waals surface area contributed by atoms with Gasteiger partial charge in [-0.25, -0.2) is 0 Å². The van der Waals surface area contributed by atoms with Gasteiger partial charge in [-0.3, -0.25) is 10.1 Å². The van der Waals surface area contributed by atoms with Gasteiger partial charge in [-0.2, -0.15) is 15.0 Å². The molecule has 0 fully saturated rings. The average molecular weight is 368 g/mol. The van der Waals surface area contributed by atoms with Crippen molar-refractivity contribution in [2.75, 3.05) is 18.2 Å². The molecule has 0 aliphatic carbocycles. The minimum Gasteiger partial charge on any atom is -0.496 e. The largest absolute Gasteiger partial charge is 0.496 e. The van der Waals surface area contributed by atoms with E-state index in [9.17, 15) is 10.1 Å². The molecule has 0 atom stereocenters. The second kappa shape index (κ2) is 7.95. The second-order valence-corrected chi connectivity index (χ2v) is 5.30. The molecule has 3 rings (SSSR count). The predicted octanol–water partition coefficient (Wildman–Crippen LogP) is 2.69. The molecule has 0 spiro atoms. The van der Waals surface area contributed by atoms with Crippen molar-refractivity contribution in [3.63, 3.8) is 0 Å². The molecule has 0 bridgehead atoms. The number of anilines is 3. The number of nitro benzene ring substituents is 1. The van der Waals surface area contributed by atoms with Gasteiger partial charge in [0.05, 0.1) is 18.1 Å². The molecule has 0 saturated carbocycles. The summed E-state index contributed by atoms with van der Waals surface area (Å²) in [6.45, 7) is -0.122. The molecule has 0 unspecified atom stereocenters. The maximum atomic E-state index is 11.2. The number of hydrogen-bond donors (Lipinski definition) is 2. The first kappa shape index (κ1) is 17.9. The fourth-order valence-corrected chi connectivity index (χ4v) is 2.24. The van der Waals surface area contributed by atoms with Crippen LogP contribution in [0.15, 0.2) is 48.5 Å². The van der Waals surface area contributed by atoms with E-state index in [1.165, 1.54) is 19.2 Å². The highest BCUT2D eigenvalue weighted by molar-refractivity contribution is 5.53. The molecule has 138 valence electrons. The van der Waals surface area contributed by atoms with Crippen LogP contribution in [0.2, 0.25) is 0 Å². The molecule has 0 radical (unpaired) electrons. The first-order valence-corrected chi connectivity index (χ1v) is 7.83. The summed E-state index contributed by atoms with van der Waals surface area (Å²) in [4.78, 5) is 22.9. The number of nitrogens with zero attached hydrogens (tertiary/aromatic N) is 4. The zero-order valence-electron chi connectivity index (χ0n) is 14.3. The standard InChI is InChI=1S/C17H16N6O4/c1-26-12-7-8-14(13(9-12)23(24)25)27-10-15-20-16(18)22-17(21-15)19-11-5-3-2-4-6-11/h2-9H,10H2,1H3,(H3,18,19,20,21,22). The van der Waals surface area contributed by atoms with Crippen LogP contribution in [0.4, 0.5) is 23.3 Å². The number of aromatic nitrogens is 3. The Bertz CT molecular complexity index is 951. The fraction of sp³-hybridized carbons (Fsp3) is 0.118. The minimum atomic E-state index is -0.554. The molecule has 1 aromatic heterocycles. The van der Waals surface area contributed by atoms with Crippen LogP contribution in [0.1, 0.15) is 5.82 Å². The second-order valence-electron chi connectivity index (χ2n) is 5.30. The summed E-state index contributed by atoms with van der Waals surface area (Å²) in [5, 5.41) is 14.2. The molecule has 2 aromatic carbocycles. The van der Waals surface area contributed by atoms with E-state index < -0.39 is 4.92 Å². The van der Waals surface area contributed by atoms with Gasteiger partial charge < -0.3 is 20.5 Å². The van der Waals surface area contributed by atoms with Crippen molar-refractivity contribution in [2.24, 2.45) is 0 Å². The molecule has 27 heavy (non-hydrogen) atoms. The summed E-state index contributed by atoms with van der Waals surface area (Å²) >= 11 is 0. The van der Waals surface area contributed by atoms with Crippen molar-refractivity contribution in [3.05, 3.63) is 64.5 Å². The maximum absolute atomic E-state index is 11.2. The Morgan fingerprint density at radius 2 is 1.93 bits per heavy atom. The third-order valence-electron chi connectivity index (χ3n) is 3.45. The van der Waals surface area contributed by atoms with Gasteiger partial charge in [0.1, 0.15) is 12.4 Å². The molecule has 10 nitrogen and oxygen atoms in total. The number of methoxy groups -OCH3 is 1. The Labute approximate surface area is 154 Å². The molecular formula is C17H16N6O4. The van der Waals surface area contributed by atoms with Crippen LogP contribution in [0.5, 0.6) is 11.5 Å². The highest BCUT2D eigenvalue weighted by atomic mass is 16.6. The fourth-order valence-electron chi connectivity index (χ4n) is 2.24. The number of hydrogen-bond acceptors (Lipinski definition) is 9. The number of rotatable bonds is 7. The monoisotopic (exact) mass is 368 g/mol. The topological polar surface area (TPSA) is 138 Å². The summed E-state index contributed by atoms with van der Waals surface area (Å²) < 4.78 is 10.5. The summed E-state index contributed by atoms with van der Waals surface area (Å²) in [7, 11) is 1.43. The summed E-state index contributed by atoms with van der Waals surface area (Å²) in [6.07, 6.45) is 0. The minimum absolute atomic E-state index is 0.00580. The van der Waals surface area contributed by atoms with Gasteiger partial charge in [0.15, 0.2) is 11.6 Å². The SMILES string of the molecule is COc1ccc(OCc2nc(N)nc(Nc3ccccc3)n2)c([N+](=O)[O-])c1. The molecule has 3 N–H and O–H groups in total. The van der Waals surface area contributed by atoms with Gasteiger partial charge in [0, 0.05) is 5.69 Å². The number of nitrogen functional groups attached to an aromatic ring is 1. The zero-order chi connectivity index (χ0) is 19.2. The van der Waals surface area contributed by atoms with Crippen molar-refractivity contribution in [1.82, 2.24) is 15.0 Å². The number of ether oxygens (including phenoxy) is 2. The Morgan fingerprint density at radius 3 is 2.63 bits per heavy atom. The molecule has 0 aliphatic rings. The van der Waals surface area contributed by atoms with E-state index in [1.807, 2.05) is 30.3 Å². The number of nitrogens with two attached hydrogens (primary N) is 1. The van der Waals surface area contributed by atoms with Crippen LogP contribution < -0.4 is 20.5 Å². The van der Waals surface area contributed by atoms with Gasteiger partial charge in [0.2, 0.25) is 11.9 Å². The summed E-state index contributed by atoms with van der Waals surface area (Å²) in [5.41, 5.74) is 6.27. The van der Waals surface area contributed by atoms with Crippen molar-refractivity contribution >= 4 is 23.3 Å². The van der Waals surface area contributed by atoms with Crippen molar-refractivity contribution < 1.29 is 14.4 Å². The smallest absolute Gasteiger partial charge is 0.314 e. The first-order valence-electron chi connectivity index (χ1n) is 7.83. The summed E-state index contributed by atoms with van der Waals surface area (Å²) in [5.74, 6) is 0.902. The van der Waals surface area contributed by atoms with Gasteiger partial charge in [-0.15, -0.1) is 0 Å². The molecule has 0 amide bonds. The third kappa shape index (κ3) is 4.57. The van der Waals surface area contributed by atoms with E-state index in [1.54, 1.807) is 6.07 Å². The van der Waals surface area contributed by atoms with Crippen molar-refractivity contribution in [1.29, 1.82) is 0 Å². The maximum Gasteiger partial charge on any atom is 0.314 e. The van der Waals surface area contributed by atoms with Gasteiger partial charge in [-0.05, 0) is 24.3 Å². The van der Waals surface area contributed by atoms with Crippen molar-refractivity contribution in [3.8, 4) is 11.5 Å². The van der Waals surface area contributed by atoms with Crippen LogP contribution in [0.25, 0.3) is 0 Å². The van der Waals surface area contributed by atoms with E-state index in [0.29, 0.717) is 5.75 Å². The summed E-state index contributed by atoms with van der Waals surface area (Å²) in [6, 6.07) is 13.6. The van der Waals surface area contributed by atoms with E-state index >= 15 is 0 Å². The number of nitro groups is 1. The predicted molar refractivity (Wildman–Crippen MR) is 97.9 cm³/mol. The van der Waals surface area contributed by atoms with Crippen LogP contribution in [0, 0.1) is 10.1 Å². The lowest BCUT2D eigenvalue weighted by molar-refractivity contribution is -0.386. The molecule has 1 heterocycles. The molecule has 10 heteroatoms. The first-order chi connectivity index (χ1) is 13.0. The lowest BCUT2D eigenvalue weighted by Gasteiger charge is -2.09. The van der Waals surface area contributed by atoms with Crippen LogP contribution in [0.3, 0.4) is 0 Å². The molecular weight excluding hydrogens is 352 g/mol. The van der Waals surface area contributed by atoms with Gasteiger partial charge in [0.25, 0.3) is 0 Å². The average Bonchev–Trinajstić information content (AvgIpc) is 2.66. The van der Waals surface area contributed by atoms with Gasteiger partial charge in [-0.1, -0.05) is 18.2 Å². The Hall–Kier alpha value is -3.95. The number of nitrogens with one attached hydrogen (secondary N) is 1. The Balaban J connectivity index is 1.77. The third-order valence-corrected chi connectivity index (χ3v) is 3.45. The Kier molecular flexibility index (Phi) is 5.26. The van der Waals surface area contributed by atoms with Crippen molar-refractivity contribution in [2.45, 2.75) is 6.61 Å². The quantitative estimate of drug-likeness (QED) is 0.476. The van der Waals surface area contributed by atoms with E-state index in [4.69, 9.17) is 15.2 Å². The lowest BCUT2D eigenvalue weighted by Crippen LogP contribution is -2.09. The molecule has 3 aromatic rings. The highest BCUT2D eigenvalue weighted by Gasteiger charge is 2.17. The molecule has 0 aliphatic heterocycles. The number of para-hydroxylation sites is 1. The number of benzene rings is 2. The van der Waals surface area contributed by atoms with Crippen LogP contribution in [-0.2, 0) is 6.61 Å². The normalized spacial score (nSPS) is 10.3. The van der Waals surface area contributed by atoms with Crippen LogP contribution >= 0.6 is 0 Å². The Morgan fingerprint density at radius 1 is 1.15 bits per heavy atom. The van der Waals surface area contributed by atoms with E-state index in [-0.39, 0.29) is 35.8 Å². The highest BCUT2D eigenvalue weighted by Crippen LogP contribution is 2.31.